The van der Waals surface area contributed by atoms with E-state index in [2.05, 4.69) is 39.0 Å². The number of hydrogen-bond donors (Lipinski definition) is 0. The fourth-order valence-corrected chi connectivity index (χ4v) is 2.37. The van der Waals surface area contributed by atoms with Gasteiger partial charge in [0.15, 0.2) is 0 Å². The highest BCUT2D eigenvalue weighted by molar-refractivity contribution is 5.39. The van der Waals surface area contributed by atoms with Crippen molar-refractivity contribution in [3.05, 3.63) is 29.3 Å². The molecule has 1 aromatic carbocycles. The summed E-state index contributed by atoms with van der Waals surface area (Å²) in [5.41, 5.74) is 2.69. The van der Waals surface area contributed by atoms with Gasteiger partial charge in [0, 0.05) is 6.42 Å². The van der Waals surface area contributed by atoms with Gasteiger partial charge in [0.05, 0.1) is 19.3 Å². The highest BCUT2D eigenvalue weighted by Gasteiger charge is 2.33. The topological polar surface area (TPSA) is 18.5 Å². The second kappa shape index (κ2) is 4.69. The monoisotopic (exact) mass is 234 g/mol. The molecule has 0 N–H and O–H groups in total. The smallest absolute Gasteiger partial charge is 0.122 e. The van der Waals surface area contributed by atoms with Crippen LogP contribution in [0.3, 0.4) is 0 Å². The van der Waals surface area contributed by atoms with Crippen molar-refractivity contribution in [3.8, 4) is 5.75 Å². The van der Waals surface area contributed by atoms with E-state index in [-0.39, 0.29) is 5.60 Å². The molecule has 2 rings (SSSR count). The lowest BCUT2D eigenvalue weighted by Crippen LogP contribution is -2.42. The van der Waals surface area contributed by atoms with Gasteiger partial charge in [-0.25, -0.2) is 0 Å². The molecule has 1 heterocycles. The van der Waals surface area contributed by atoms with Gasteiger partial charge in [0.25, 0.3) is 0 Å². The molecule has 0 aromatic heterocycles. The van der Waals surface area contributed by atoms with E-state index in [1.165, 1.54) is 11.1 Å². The second-order valence-corrected chi connectivity index (χ2v) is 5.46. The van der Waals surface area contributed by atoms with Crippen LogP contribution in [0.25, 0.3) is 0 Å². The van der Waals surface area contributed by atoms with Crippen LogP contribution in [0.1, 0.15) is 44.2 Å². The third-order valence-corrected chi connectivity index (χ3v) is 3.58. The first-order chi connectivity index (χ1) is 8.04. The molecule has 0 radical (unpaired) electrons. The van der Waals surface area contributed by atoms with Crippen molar-refractivity contribution >= 4 is 0 Å². The van der Waals surface area contributed by atoms with Crippen LogP contribution < -0.4 is 4.74 Å². The van der Waals surface area contributed by atoms with E-state index in [0.29, 0.717) is 5.92 Å². The Labute approximate surface area is 104 Å². The Morgan fingerprint density at radius 3 is 2.59 bits per heavy atom. The van der Waals surface area contributed by atoms with Crippen LogP contribution in [-0.4, -0.2) is 19.3 Å². The molecule has 1 aromatic rings. The van der Waals surface area contributed by atoms with E-state index in [1.807, 2.05) is 0 Å². The number of benzene rings is 1. The van der Waals surface area contributed by atoms with Gasteiger partial charge in [-0.1, -0.05) is 26.0 Å². The Kier molecular flexibility index (Phi) is 3.43. The van der Waals surface area contributed by atoms with Crippen LogP contribution in [0.5, 0.6) is 5.75 Å². The zero-order valence-corrected chi connectivity index (χ0v) is 11.2. The molecular formula is C15H22O2. The molecule has 94 valence electrons. The van der Waals surface area contributed by atoms with Crippen molar-refractivity contribution in [2.24, 2.45) is 0 Å². The maximum Gasteiger partial charge on any atom is 0.122 e. The summed E-state index contributed by atoms with van der Waals surface area (Å²) < 4.78 is 11.0. The van der Waals surface area contributed by atoms with Gasteiger partial charge in [-0.3, -0.25) is 0 Å². The summed E-state index contributed by atoms with van der Waals surface area (Å²) in [6.45, 7) is 7.49. The predicted octanol–water partition coefficient (Wildman–Crippen LogP) is 3.54. The van der Waals surface area contributed by atoms with Gasteiger partial charge in [-0.2, -0.15) is 0 Å². The fraction of sp³-hybridized carbons (Fsp3) is 0.600. The predicted molar refractivity (Wildman–Crippen MR) is 69.8 cm³/mol. The molecule has 0 aliphatic carbocycles. The zero-order chi connectivity index (χ0) is 12.5. The van der Waals surface area contributed by atoms with Gasteiger partial charge >= 0.3 is 0 Å². The Balaban J connectivity index is 2.21. The average molecular weight is 234 g/mol. The van der Waals surface area contributed by atoms with Crippen molar-refractivity contribution < 1.29 is 9.47 Å². The maximum absolute atomic E-state index is 5.65. The van der Waals surface area contributed by atoms with Crippen molar-refractivity contribution in [1.82, 2.24) is 0 Å². The van der Waals surface area contributed by atoms with Crippen molar-refractivity contribution in [2.75, 3.05) is 13.7 Å². The summed E-state index contributed by atoms with van der Waals surface area (Å²) in [4.78, 5) is 0. The Morgan fingerprint density at radius 2 is 2.12 bits per heavy atom. The summed E-state index contributed by atoms with van der Waals surface area (Å²) in [5.74, 6) is 1.48. The molecular weight excluding hydrogens is 212 g/mol. The normalized spacial score (nSPS) is 23.6. The van der Waals surface area contributed by atoms with E-state index in [1.54, 1.807) is 7.11 Å². The molecule has 1 aliphatic heterocycles. The Hall–Kier alpha value is -1.02. The molecule has 1 atom stereocenters. The maximum atomic E-state index is 5.65. The largest absolute Gasteiger partial charge is 0.496 e. The molecule has 0 bridgehead atoms. The first kappa shape index (κ1) is 12.4. The SMILES string of the molecule is COc1ccc(CC2(C)CCO2)cc1C(C)C. The van der Waals surface area contributed by atoms with Gasteiger partial charge in [-0.05, 0) is 36.5 Å². The Bertz CT molecular complexity index is 392. The average Bonchev–Trinajstić information content (AvgIpc) is 2.26. The van der Waals surface area contributed by atoms with Crippen LogP contribution in [0.2, 0.25) is 0 Å². The number of ether oxygens (including phenoxy) is 2. The molecule has 0 spiro atoms. The highest BCUT2D eigenvalue weighted by atomic mass is 16.5. The fourth-order valence-electron chi connectivity index (χ4n) is 2.37. The molecule has 1 unspecified atom stereocenters. The van der Waals surface area contributed by atoms with E-state index >= 15 is 0 Å². The van der Waals surface area contributed by atoms with Crippen LogP contribution in [-0.2, 0) is 11.2 Å². The van der Waals surface area contributed by atoms with Crippen LogP contribution in [0.15, 0.2) is 18.2 Å². The first-order valence-electron chi connectivity index (χ1n) is 6.35. The van der Waals surface area contributed by atoms with Crippen molar-refractivity contribution in [2.45, 2.75) is 45.1 Å². The van der Waals surface area contributed by atoms with Crippen LogP contribution in [0.4, 0.5) is 0 Å². The number of methoxy groups -OCH3 is 1. The third kappa shape index (κ3) is 2.63. The molecule has 1 saturated heterocycles. The summed E-state index contributed by atoms with van der Waals surface area (Å²) in [6.07, 6.45) is 2.16. The minimum absolute atomic E-state index is 0.0584. The van der Waals surface area contributed by atoms with E-state index in [0.717, 1.165) is 25.2 Å². The van der Waals surface area contributed by atoms with Gasteiger partial charge in [0.1, 0.15) is 5.75 Å². The Morgan fingerprint density at radius 1 is 1.41 bits per heavy atom. The van der Waals surface area contributed by atoms with Crippen molar-refractivity contribution in [1.29, 1.82) is 0 Å². The van der Waals surface area contributed by atoms with Gasteiger partial charge in [-0.15, -0.1) is 0 Å². The standard InChI is InChI=1S/C15H22O2/c1-11(2)13-9-12(5-6-14(13)16-4)10-15(3)7-8-17-15/h5-6,9,11H,7-8,10H2,1-4H3. The quantitative estimate of drug-likeness (QED) is 0.793. The minimum atomic E-state index is 0.0584. The lowest BCUT2D eigenvalue weighted by Gasteiger charge is -2.39. The minimum Gasteiger partial charge on any atom is -0.496 e. The molecule has 1 aliphatic rings. The molecule has 1 fully saturated rings. The molecule has 2 nitrogen and oxygen atoms in total. The van der Waals surface area contributed by atoms with Gasteiger partial charge < -0.3 is 9.47 Å². The second-order valence-electron chi connectivity index (χ2n) is 5.46. The summed E-state index contributed by atoms with van der Waals surface area (Å²) in [7, 11) is 1.73. The highest BCUT2D eigenvalue weighted by Crippen LogP contribution is 2.33. The lowest BCUT2D eigenvalue weighted by atomic mass is 9.88. The lowest BCUT2D eigenvalue weighted by molar-refractivity contribution is -0.132. The molecule has 17 heavy (non-hydrogen) atoms. The summed E-state index contributed by atoms with van der Waals surface area (Å²) >= 11 is 0. The zero-order valence-electron chi connectivity index (χ0n) is 11.2. The molecule has 2 heteroatoms. The third-order valence-electron chi connectivity index (χ3n) is 3.58. The van der Waals surface area contributed by atoms with Crippen LogP contribution >= 0.6 is 0 Å². The summed E-state index contributed by atoms with van der Waals surface area (Å²) in [6, 6.07) is 6.49. The van der Waals surface area contributed by atoms with Crippen LogP contribution in [0, 0.1) is 0 Å². The molecule has 0 saturated carbocycles. The number of rotatable bonds is 4. The molecule has 0 amide bonds. The van der Waals surface area contributed by atoms with Gasteiger partial charge in [0.2, 0.25) is 0 Å². The summed E-state index contributed by atoms with van der Waals surface area (Å²) in [5, 5.41) is 0. The van der Waals surface area contributed by atoms with E-state index in [9.17, 15) is 0 Å². The van der Waals surface area contributed by atoms with E-state index in [4.69, 9.17) is 9.47 Å². The first-order valence-corrected chi connectivity index (χ1v) is 6.35. The van der Waals surface area contributed by atoms with E-state index < -0.39 is 0 Å². The van der Waals surface area contributed by atoms with Crippen molar-refractivity contribution in [3.63, 3.8) is 0 Å². The number of hydrogen-bond acceptors (Lipinski definition) is 2.